The number of rotatable bonds is 4. The Labute approximate surface area is 84.1 Å². The quantitative estimate of drug-likeness (QED) is 0.597. The monoisotopic (exact) mass is 198 g/mol. The van der Waals surface area contributed by atoms with Crippen LogP contribution in [0.5, 0.6) is 0 Å². The zero-order valence-corrected chi connectivity index (χ0v) is 8.64. The molecule has 72 valence electrons. The van der Waals surface area contributed by atoms with E-state index in [1.807, 2.05) is 6.07 Å². The number of hydrogen-bond acceptors (Lipinski definition) is 2. The average Bonchev–Trinajstić information content (AvgIpc) is 2.13. The molecule has 0 bridgehead atoms. The molecule has 0 fully saturated rings. The Kier molecular flexibility index (Phi) is 4.03. The molecule has 0 unspecified atom stereocenters. The van der Waals surface area contributed by atoms with Gasteiger partial charge in [-0.15, -0.1) is 0 Å². The maximum Gasteiger partial charge on any atom is 0.152 e. The van der Waals surface area contributed by atoms with Crippen LogP contribution in [0.1, 0.15) is 31.7 Å². The second-order valence-corrected chi connectivity index (χ2v) is 3.49. The van der Waals surface area contributed by atoms with Crippen LogP contribution in [0.15, 0.2) is 12.3 Å². The molecule has 0 spiro atoms. The van der Waals surface area contributed by atoms with E-state index in [9.17, 15) is 0 Å². The summed E-state index contributed by atoms with van der Waals surface area (Å²) in [5.74, 6) is 0. The van der Waals surface area contributed by atoms with E-state index in [-0.39, 0.29) is 0 Å². The first-order valence-electron chi connectivity index (χ1n) is 4.64. The summed E-state index contributed by atoms with van der Waals surface area (Å²) >= 11 is 5.79. The highest BCUT2D eigenvalue weighted by molar-refractivity contribution is 6.31. The zero-order valence-electron chi connectivity index (χ0n) is 7.89. The van der Waals surface area contributed by atoms with Crippen molar-refractivity contribution < 1.29 is 0 Å². The molecule has 1 aromatic heterocycles. The third-order valence-corrected chi connectivity index (χ3v) is 2.38. The predicted molar refractivity (Wildman–Crippen MR) is 56.9 cm³/mol. The lowest BCUT2D eigenvalue weighted by atomic mass is 10.1. The number of halogens is 1. The molecule has 0 radical (unpaired) electrons. The van der Waals surface area contributed by atoms with Crippen molar-refractivity contribution >= 4 is 17.3 Å². The van der Waals surface area contributed by atoms with Crippen LogP contribution in [0.2, 0.25) is 5.15 Å². The first-order chi connectivity index (χ1) is 6.25. The van der Waals surface area contributed by atoms with Gasteiger partial charge in [0.05, 0.1) is 5.69 Å². The van der Waals surface area contributed by atoms with Crippen molar-refractivity contribution in [2.75, 3.05) is 5.73 Å². The zero-order chi connectivity index (χ0) is 9.68. The predicted octanol–water partition coefficient (Wildman–Crippen LogP) is 3.05. The van der Waals surface area contributed by atoms with E-state index in [0.29, 0.717) is 10.8 Å². The lowest BCUT2D eigenvalue weighted by Crippen LogP contribution is -1.96. The lowest BCUT2D eigenvalue weighted by Gasteiger charge is -2.05. The van der Waals surface area contributed by atoms with Gasteiger partial charge >= 0.3 is 0 Å². The molecule has 0 amide bonds. The molecule has 0 saturated carbocycles. The van der Waals surface area contributed by atoms with Gasteiger partial charge in [0, 0.05) is 6.20 Å². The summed E-state index contributed by atoms with van der Waals surface area (Å²) in [4.78, 5) is 3.91. The molecule has 3 heteroatoms. The van der Waals surface area contributed by atoms with Crippen LogP contribution in [0.25, 0.3) is 0 Å². The average molecular weight is 199 g/mol. The third-order valence-electron chi connectivity index (χ3n) is 2.08. The van der Waals surface area contributed by atoms with Crippen molar-refractivity contribution in [1.82, 2.24) is 4.98 Å². The number of pyridine rings is 1. The smallest absolute Gasteiger partial charge is 0.152 e. The molecule has 0 saturated heterocycles. The second-order valence-electron chi connectivity index (χ2n) is 3.13. The van der Waals surface area contributed by atoms with E-state index in [0.717, 1.165) is 12.0 Å². The summed E-state index contributed by atoms with van der Waals surface area (Å²) in [5, 5.41) is 0.425. The number of nitrogens with zero attached hydrogens (tertiary/aromatic N) is 1. The molecule has 13 heavy (non-hydrogen) atoms. The van der Waals surface area contributed by atoms with E-state index in [4.69, 9.17) is 17.3 Å². The van der Waals surface area contributed by atoms with Gasteiger partial charge in [-0.05, 0) is 24.5 Å². The molecule has 1 rings (SSSR count). The highest BCUT2D eigenvalue weighted by Crippen LogP contribution is 2.21. The van der Waals surface area contributed by atoms with Crippen molar-refractivity contribution in [2.24, 2.45) is 0 Å². The Morgan fingerprint density at radius 1 is 1.46 bits per heavy atom. The van der Waals surface area contributed by atoms with E-state index >= 15 is 0 Å². The van der Waals surface area contributed by atoms with Crippen molar-refractivity contribution in [2.45, 2.75) is 32.6 Å². The van der Waals surface area contributed by atoms with E-state index in [2.05, 4.69) is 11.9 Å². The summed E-state index contributed by atoms with van der Waals surface area (Å²) in [5.41, 5.74) is 7.53. The number of nitrogens with two attached hydrogens (primary N) is 1. The second kappa shape index (κ2) is 5.07. The van der Waals surface area contributed by atoms with Crippen LogP contribution in [0.3, 0.4) is 0 Å². The maximum absolute atomic E-state index is 5.79. The van der Waals surface area contributed by atoms with Crippen LogP contribution in [-0.2, 0) is 6.42 Å². The maximum atomic E-state index is 5.79. The summed E-state index contributed by atoms with van der Waals surface area (Å²) in [6.45, 7) is 2.18. The SMILES string of the molecule is CCCCCc1ccnc(Cl)c1N. The molecule has 0 aromatic carbocycles. The van der Waals surface area contributed by atoms with Gasteiger partial charge in [0.15, 0.2) is 5.15 Å². The number of aromatic nitrogens is 1. The topological polar surface area (TPSA) is 38.9 Å². The van der Waals surface area contributed by atoms with Crippen LogP contribution < -0.4 is 5.73 Å². The number of hydrogen-bond donors (Lipinski definition) is 1. The Balaban J connectivity index is 2.61. The highest BCUT2D eigenvalue weighted by Gasteiger charge is 2.02. The molecule has 0 atom stereocenters. The minimum Gasteiger partial charge on any atom is -0.396 e. The van der Waals surface area contributed by atoms with E-state index in [1.165, 1.54) is 19.3 Å². The molecule has 0 aliphatic carbocycles. The third kappa shape index (κ3) is 2.88. The lowest BCUT2D eigenvalue weighted by molar-refractivity contribution is 0.718. The summed E-state index contributed by atoms with van der Waals surface area (Å²) < 4.78 is 0. The van der Waals surface area contributed by atoms with Crippen LogP contribution >= 0.6 is 11.6 Å². The number of unbranched alkanes of at least 4 members (excludes halogenated alkanes) is 2. The van der Waals surface area contributed by atoms with Crippen LogP contribution in [0, 0.1) is 0 Å². The van der Waals surface area contributed by atoms with Gasteiger partial charge in [-0.2, -0.15) is 0 Å². The number of aryl methyl sites for hydroxylation is 1. The molecule has 1 aromatic rings. The molecule has 0 aliphatic rings. The molecular formula is C10H15ClN2. The number of anilines is 1. The number of nitrogen functional groups attached to an aromatic ring is 1. The van der Waals surface area contributed by atoms with Gasteiger partial charge in [0.25, 0.3) is 0 Å². The van der Waals surface area contributed by atoms with Gasteiger partial charge in [-0.25, -0.2) is 4.98 Å². The standard InChI is InChI=1S/C10H15ClN2/c1-2-3-4-5-8-6-7-13-10(11)9(8)12/h6-7H,2-5,12H2,1H3. The fourth-order valence-electron chi connectivity index (χ4n) is 1.27. The molecule has 0 aliphatic heterocycles. The summed E-state index contributed by atoms with van der Waals surface area (Å²) in [7, 11) is 0. The Hall–Kier alpha value is -0.760. The first kappa shape index (κ1) is 10.3. The van der Waals surface area contributed by atoms with Crippen LogP contribution in [0.4, 0.5) is 5.69 Å². The van der Waals surface area contributed by atoms with Gasteiger partial charge in [0.2, 0.25) is 0 Å². The Bertz CT molecular complexity index is 274. The van der Waals surface area contributed by atoms with E-state index in [1.54, 1.807) is 6.20 Å². The minimum atomic E-state index is 0.425. The van der Waals surface area contributed by atoms with Crippen molar-refractivity contribution in [3.63, 3.8) is 0 Å². The van der Waals surface area contributed by atoms with Gasteiger partial charge in [0.1, 0.15) is 0 Å². The van der Waals surface area contributed by atoms with Gasteiger partial charge in [-0.3, -0.25) is 0 Å². The minimum absolute atomic E-state index is 0.425. The molecule has 1 heterocycles. The highest BCUT2D eigenvalue weighted by atomic mass is 35.5. The van der Waals surface area contributed by atoms with Gasteiger partial charge < -0.3 is 5.73 Å². The van der Waals surface area contributed by atoms with E-state index < -0.39 is 0 Å². The Morgan fingerprint density at radius 3 is 2.92 bits per heavy atom. The summed E-state index contributed by atoms with van der Waals surface area (Å²) in [6, 6.07) is 1.94. The van der Waals surface area contributed by atoms with Crippen LogP contribution in [-0.4, -0.2) is 4.98 Å². The summed E-state index contributed by atoms with van der Waals surface area (Å²) in [6.07, 6.45) is 6.33. The molecule has 2 nitrogen and oxygen atoms in total. The Morgan fingerprint density at radius 2 is 2.23 bits per heavy atom. The molecular weight excluding hydrogens is 184 g/mol. The molecule has 2 N–H and O–H groups in total. The first-order valence-corrected chi connectivity index (χ1v) is 5.02. The largest absolute Gasteiger partial charge is 0.396 e. The fraction of sp³-hybridized carbons (Fsp3) is 0.500. The fourth-order valence-corrected chi connectivity index (χ4v) is 1.45. The van der Waals surface area contributed by atoms with Crippen molar-refractivity contribution in [3.05, 3.63) is 23.0 Å². The van der Waals surface area contributed by atoms with Crippen molar-refractivity contribution in [3.8, 4) is 0 Å². The van der Waals surface area contributed by atoms with Gasteiger partial charge in [-0.1, -0.05) is 31.4 Å². The van der Waals surface area contributed by atoms with Crippen molar-refractivity contribution in [1.29, 1.82) is 0 Å². The normalized spacial score (nSPS) is 10.3.